The minimum Gasteiger partial charge on any atom is -0.396 e. The number of aliphatic hydroxyl groups is 1. The Bertz CT molecular complexity index is 598. The van der Waals surface area contributed by atoms with E-state index in [1.807, 2.05) is 0 Å². The molecule has 0 aromatic rings. The van der Waals surface area contributed by atoms with E-state index in [1.54, 1.807) is 0 Å². The SMILES string of the molecule is CCCCCCCCCC/C=C(/F)C(=O)N[C@@H]1C[C@@H]1NC(=O)/C(F)=C\CCCCCCCCCO. The normalized spacial score (nSPS) is 17.9. The van der Waals surface area contributed by atoms with Crippen LogP contribution in [0.4, 0.5) is 8.78 Å². The summed E-state index contributed by atoms with van der Waals surface area (Å²) in [6, 6.07) is -0.711. The van der Waals surface area contributed by atoms with E-state index in [4.69, 9.17) is 5.11 Å². The zero-order chi connectivity index (χ0) is 25.7. The molecule has 0 aliphatic heterocycles. The van der Waals surface area contributed by atoms with Crippen LogP contribution in [0.2, 0.25) is 0 Å². The van der Waals surface area contributed by atoms with Gasteiger partial charge in [0, 0.05) is 6.61 Å². The molecule has 0 radical (unpaired) electrons. The van der Waals surface area contributed by atoms with Gasteiger partial charge in [-0.15, -0.1) is 0 Å². The third-order valence-corrected chi connectivity index (χ3v) is 6.42. The molecule has 0 aromatic carbocycles. The number of halogens is 2. The van der Waals surface area contributed by atoms with Gasteiger partial charge >= 0.3 is 0 Å². The molecule has 0 unspecified atom stereocenters. The summed E-state index contributed by atoms with van der Waals surface area (Å²) in [4.78, 5) is 23.9. The van der Waals surface area contributed by atoms with Gasteiger partial charge in [0.15, 0.2) is 11.7 Å². The average Bonchev–Trinajstić information content (AvgIpc) is 3.58. The third-order valence-electron chi connectivity index (χ3n) is 6.42. The van der Waals surface area contributed by atoms with Crippen molar-refractivity contribution >= 4 is 11.8 Å². The van der Waals surface area contributed by atoms with Crippen molar-refractivity contribution in [1.82, 2.24) is 10.6 Å². The van der Waals surface area contributed by atoms with Gasteiger partial charge in [-0.05, 0) is 50.7 Å². The second-order valence-electron chi connectivity index (χ2n) is 9.75. The molecule has 0 saturated heterocycles. The number of amides is 2. The Hall–Kier alpha value is -1.76. The first kappa shape index (κ1) is 31.3. The number of allylic oxidation sites excluding steroid dienone is 2. The van der Waals surface area contributed by atoms with Crippen LogP contribution < -0.4 is 10.6 Å². The smallest absolute Gasteiger partial charge is 0.279 e. The molecule has 0 aromatic heterocycles. The second kappa shape index (κ2) is 20.4. The lowest BCUT2D eigenvalue weighted by molar-refractivity contribution is -0.120. The zero-order valence-corrected chi connectivity index (χ0v) is 21.8. The van der Waals surface area contributed by atoms with Crippen LogP contribution in [-0.4, -0.2) is 35.6 Å². The van der Waals surface area contributed by atoms with Gasteiger partial charge in [0.1, 0.15) is 0 Å². The van der Waals surface area contributed by atoms with Crippen molar-refractivity contribution in [3.63, 3.8) is 0 Å². The van der Waals surface area contributed by atoms with E-state index in [0.29, 0.717) is 19.3 Å². The summed E-state index contributed by atoms with van der Waals surface area (Å²) in [5, 5.41) is 13.8. The van der Waals surface area contributed by atoms with Gasteiger partial charge in [0.2, 0.25) is 0 Å². The van der Waals surface area contributed by atoms with Crippen LogP contribution in [0.5, 0.6) is 0 Å². The first-order valence-electron chi connectivity index (χ1n) is 13.9. The number of rotatable bonds is 22. The molecule has 0 heterocycles. The van der Waals surface area contributed by atoms with Gasteiger partial charge in [0.05, 0.1) is 12.1 Å². The summed E-state index contributed by atoms with van der Waals surface area (Å²) in [6.07, 6.45) is 20.5. The molecule has 3 N–H and O–H groups in total. The van der Waals surface area contributed by atoms with E-state index in [9.17, 15) is 18.4 Å². The van der Waals surface area contributed by atoms with E-state index in [2.05, 4.69) is 17.6 Å². The highest BCUT2D eigenvalue weighted by Gasteiger charge is 2.40. The molecule has 1 rings (SSSR count). The monoisotopic (exact) mass is 498 g/mol. The average molecular weight is 499 g/mol. The first-order chi connectivity index (χ1) is 17.0. The lowest BCUT2D eigenvalue weighted by Gasteiger charge is -2.05. The number of hydrogen-bond donors (Lipinski definition) is 3. The number of aliphatic hydroxyl groups excluding tert-OH is 1. The van der Waals surface area contributed by atoms with Crippen molar-refractivity contribution in [1.29, 1.82) is 0 Å². The topological polar surface area (TPSA) is 78.4 Å². The molecule has 2 atom stereocenters. The molecular formula is C28H48F2N2O3. The number of carbonyl (C=O) groups excluding carboxylic acids is 2. The number of nitrogens with one attached hydrogen (secondary N) is 2. The van der Waals surface area contributed by atoms with Gasteiger partial charge in [0.25, 0.3) is 11.8 Å². The summed E-state index contributed by atoms with van der Waals surface area (Å²) in [5.41, 5.74) is 0. The van der Waals surface area contributed by atoms with Crippen molar-refractivity contribution in [3.8, 4) is 0 Å². The highest BCUT2D eigenvalue weighted by molar-refractivity contribution is 5.93. The molecule has 1 aliphatic carbocycles. The van der Waals surface area contributed by atoms with Crippen LogP contribution in [-0.2, 0) is 9.59 Å². The maximum absolute atomic E-state index is 14.0. The van der Waals surface area contributed by atoms with E-state index >= 15 is 0 Å². The van der Waals surface area contributed by atoms with Gasteiger partial charge in [-0.3, -0.25) is 9.59 Å². The number of carbonyl (C=O) groups is 2. The summed E-state index contributed by atoms with van der Waals surface area (Å²) < 4.78 is 28.0. The summed E-state index contributed by atoms with van der Waals surface area (Å²) in [6.45, 7) is 2.44. The Labute approximate surface area is 211 Å². The predicted octanol–water partition coefficient (Wildman–Crippen LogP) is 6.71. The Kier molecular flexibility index (Phi) is 18.3. The molecule has 202 valence electrons. The van der Waals surface area contributed by atoms with Crippen LogP contribution in [0, 0.1) is 0 Å². The molecule has 1 saturated carbocycles. The van der Waals surface area contributed by atoms with Crippen LogP contribution >= 0.6 is 0 Å². The largest absolute Gasteiger partial charge is 0.396 e. The van der Waals surface area contributed by atoms with Gasteiger partial charge in [-0.25, -0.2) is 8.78 Å². The van der Waals surface area contributed by atoms with Gasteiger partial charge in [-0.2, -0.15) is 0 Å². The number of hydrogen-bond acceptors (Lipinski definition) is 3. The maximum atomic E-state index is 14.0. The Morgan fingerprint density at radius 1 is 0.686 bits per heavy atom. The molecule has 0 bridgehead atoms. The van der Waals surface area contributed by atoms with E-state index in [-0.39, 0.29) is 18.7 Å². The molecule has 1 aliphatic rings. The van der Waals surface area contributed by atoms with E-state index in [0.717, 1.165) is 64.2 Å². The quantitative estimate of drug-likeness (QED) is 0.115. The zero-order valence-electron chi connectivity index (χ0n) is 21.8. The van der Waals surface area contributed by atoms with Crippen molar-refractivity contribution in [2.24, 2.45) is 0 Å². The fraction of sp³-hybridized carbons (Fsp3) is 0.786. The third kappa shape index (κ3) is 16.5. The first-order valence-corrected chi connectivity index (χ1v) is 13.9. The minimum atomic E-state index is -0.804. The highest BCUT2D eigenvalue weighted by Crippen LogP contribution is 2.23. The molecule has 5 nitrogen and oxygen atoms in total. The summed E-state index contributed by atoms with van der Waals surface area (Å²) in [5.74, 6) is -3.13. The van der Waals surface area contributed by atoms with Crippen LogP contribution in [0.25, 0.3) is 0 Å². The molecule has 35 heavy (non-hydrogen) atoms. The lowest BCUT2D eigenvalue weighted by atomic mass is 10.1. The van der Waals surface area contributed by atoms with Crippen molar-refractivity contribution in [2.45, 2.75) is 135 Å². The standard InChI is InChI=1S/C28H48F2N2O3/c1-2-3-4-5-6-7-10-13-16-19-23(29)27(34)31-25-22-26(25)32-28(35)24(30)20-17-14-11-8-9-12-15-18-21-33/h19-20,25-26,33H,2-18,21-22H2,1H3,(H,31,34)(H,32,35)/b23-19+,24-20+/t25-,26+/m1/s1. The van der Waals surface area contributed by atoms with Gasteiger partial charge in [-0.1, -0.05) is 84.0 Å². The summed E-state index contributed by atoms with van der Waals surface area (Å²) >= 11 is 0. The highest BCUT2D eigenvalue weighted by atomic mass is 19.1. The van der Waals surface area contributed by atoms with Crippen molar-refractivity contribution in [3.05, 3.63) is 23.8 Å². The minimum absolute atomic E-state index is 0.243. The molecule has 2 amide bonds. The Morgan fingerprint density at radius 2 is 1.06 bits per heavy atom. The van der Waals surface area contributed by atoms with Crippen LogP contribution in [0.15, 0.2) is 23.8 Å². The molecule has 7 heteroatoms. The van der Waals surface area contributed by atoms with Crippen molar-refractivity contribution in [2.75, 3.05) is 6.61 Å². The number of unbranched alkanes of at least 4 members (excludes halogenated alkanes) is 15. The second-order valence-corrected chi connectivity index (χ2v) is 9.75. The molecule has 1 fully saturated rings. The fourth-order valence-corrected chi connectivity index (χ4v) is 4.05. The lowest BCUT2D eigenvalue weighted by Crippen LogP contribution is -2.35. The van der Waals surface area contributed by atoms with E-state index < -0.39 is 23.5 Å². The Morgan fingerprint density at radius 3 is 1.46 bits per heavy atom. The fourth-order valence-electron chi connectivity index (χ4n) is 4.05. The maximum Gasteiger partial charge on any atom is 0.279 e. The molecular weight excluding hydrogens is 450 g/mol. The molecule has 0 spiro atoms. The Balaban J connectivity index is 2.10. The predicted molar refractivity (Wildman–Crippen MR) is 138 cm³/mol. The van der Waals surface area contributed by atoms with Crippen molar-refractivity contribution < 1.29 is 23.5 Å². The van der Waals surface area contributed by atoms with Crippen LogP contribution in [0.3, 0.4) is 0 Å². The van der Waals surface area contributed by atoms with Crippen LogP contribution in [0.1, 0.15) is 122 Å². The van der Waals surface area contributed by atoms with E-state index in [1.165, 1.54) is 44.3 Å². The summed E-state index contributed by atoms with van der Waals surface area (Å²) in [7, 11) is 0. The van der Waals surface area contributed by atoms with Gasteiger partial charge < -0.3 is 15.7 Å².